The number of nitrogens with one attached hydrogen (secondary N) is 1. The molecule has 1 N–H and O–H groups in total. The number of piperidine rings is 1. The second-order valence-electron chi connectivity index (χ2n) is 7.08. The van der Waals surface area contributed by atoms with Gasteiger partial charge in [0.1, 0.15) is 0 Å². The maximum Gasteiger partial charge on any atom is 0.239 e. The molecule has 2 rings (SSSR count). The second kappa shape index (κ2) is 6.25. The molecular weight excluding hydrogens is 236 g/mol. The van der Waals surface area contributed by atoms with Gasteiger partial charge in [0.25, 0.3) is 0 Å². The molecule has 0 bridgehead atoms. The molecule has 2 fully saturated rings. The normalized spacial score (nSPS) is 28.7. The van der Waals surface area contributed by atoms with Gasteiger partial charge >= 0.3 is 0 Å². The average Bonchev–Trinajstić information content (AvgIpc) is 2.38. The summed E-state index contributed by atoms with van der Waals surface area (Å²) in [7, 11) is 0. The minimum Gasteiger partial charge on any atom is -0.338 e. The minimum atomic E-state index is 0.0867. The van der Waals surface area contributed by atoms with Crippen LogP contribution < -0.4 is 5.32 Å². The maximum atomic E-state index is 12.6. The molecule has 2 aliphatic rings. The Morgan fingerprint density at radius 2 is 1.95 bits per heavy atom. The van der Waals surface area contributed by atoms with E-state index in [2.05, 4.69) is 31.0 Å². The average molecular weight is 266 g/mol. The Kier molecular flexibility index (Phi) is 4.88. The van der Waals surface area contributed by atoms with E-state index in [-0.39, 0.29) is 6.04 Å². The Hall–Kier alpha value is -0.570. The number of likely N-dealkylation sites (tertiary alicyclic amines) is 1. The zero-order valence-electron chi connectivity index (χ0n) is 12.9. The molecule has 3 heteroatoms. The van der Waals surface area contributed by atoms with E-state index in [9.17, 15) is 4.79 Å². The molecule has 1 unspecified atom stereocenters. The van der Waals surface area contributed by atoms with Crippen molar-refractivity contribution in [2.45, 2.75) is 77.8 Å². The summed E-state index contributed by atoms with van der Waals surface area (Å²) in [6.07, 6.45) is 8.18. The van der Waals surface area contributed by atoms with E-state index in [1.807, 2.05) is 0 Å². The van der Waals surface area contributed by atoms with Crippen LogP contribution in [0.4, 0.5) is 0 Å². The van der Waals surface area contributed by atoms with Crippen LogP contribution in [0.1, 0.15) is 65.7 Å². The van der Waals surface area contributed by atoms with Crippen LogP contribution in [0.25, 0.3) is 0 Å². The smallest absolute Gasteiger partial charge is 0.239 e. The van der Waals surface area contributed by atoms with Crippen molar-refractivity contribution in [2.75, 3.05) is 13.1 Å². The summed E-state index contributed by atoms with van der Waals surface area (Å²) >= 11 is 0. The Labute approximate surface area is 118 Å². The van der Waals surface area contributed by atoms with E-state index in [0.717, 1.165) is 32.4 Å². The molecule has 19 heavy (non-hydrogen) atoms. The van der Waals surface area contributed by atoms with Crippen LogP contribution in [-0.4, -0.2) is 36.0 Å². The van der Waals surface area contributed by atoms with Crippen LogP contribution in [0.2, 0.25) is 0 Å². The lowest BCUT2D eigenvalue weighted by molar-refractivity contribution is -0.139. The molecule has 0 aromatic rings. The largest absolute Gasteiger partial charge is 0.338 e. The van der Waals surface area contributed by atoms with Crippen LogP contribution in [0, 0.1) is 5.41 Å². The third-order valence-electron chi connectivity index (χ3n) is 4.86. The predicted octanol–water partition coefficient (Wildman–Crippen LogP) is 2.95. The Morgan fingerprint density at radius 3 is 2.58 bits per heavy atom. The van der Waals surface area contributed by atoms with E-state index in [1.165, 1.54) is 25.7 Å². The summed E-state index contributed by atoms with van der Waals surface area (Å²) in [6.45, 7) is 8.80. The highest BCUT2D eigenvalue weighted by molar-refractivity contribution is 5.83. The molecule has 0 spiro atoms. The van der Waals surface area contributed by atoms with Crippen LogP contribution in [0.5, 0.6) is 0 Å². The first-order valence-electron chi connectivity index (χ1n) is 8.07. The van der Waals surface area contributed by atoms with Crippen molar-refractivity contribution in [1.82, 2.24) is 10.2 Å². The minimum absolute atomic E-state index is 0.0867. The Morgan fingerprint density at radius 1 is 1.26 bits per heavy atom. The summed E-state index contributed by atoms with van der Waals surface area (Å²) in [5.41, 5.74) is 0.481. The topological polar surface area (TPSA) is 32.3 Å². The lowest BCUT2D eigenvalue weighted by Gasteiger charge is -2.43. The van der Waals surface area contributed by atoms with Crippen LogP contribution in [0.15, 0.2) is 0 Å². The van der Waals surface area contributed by atoms with Gasteiger partial charge < -0.3 is 10.2 Å². The van der Waals surface area contributed by atoms with Gasteiger partial charge in [-0.2, -0.15) is 0 Å². The van der Waals surface area contributed by atoms with Crippen molar-refractivity contribution in [3.8, 4) is 0 Å². The van der Waals surface area contributed by atoms with E-state index in [0.29, 0.717) is 17.4 Å². The van der Waals surface area contributed by atoms with Crippen LogP contribution >= 0.6 is 0 Å². The lowest BCUT2D eigenvalue weighted by Crippen LogP contribution is -2.55. The summed E-state index contributed by atoms with van der Waals surface area (Å²) in [6, 6.07) is 0.593. The highest BCUT2D eigenvalue weighted by atomic mass is 16.2. The molecule has 1 amide bonds. The summed E-state index contributed by atoms with van der Waals surface area (Å²) in [5, 5.41) is 3.42. The number of carbonyl (C=O) groups is 1. The summed E-state index contributed by atoms with van der Waals surface area (Å²) < 4.78 is 0. The van der Waals surface area contributed by atoms with Crippen molar-refractivity contribution < 1.29 is 4.79 Å². The quantitative estimate of drug-likeness (QED) is 0.848. The van der Waals surface area contributed by atoms with E-state index >= 15 is 0 Å². The van der Waals surface area contributed by atoms with Gasteiger partial charge in [-0.3, -0.25) is 4.79 Å². The van der Waals surface area contributed by atoms with Gasteiger partial charge in [-0.1, -0.05) is 20.8 Å². The molecule has 1 saturated carbocycles. The van der Waals surface area contributed by atoms with Crippen LogP contribution in [0.3, 0.4) is 0 Å². The zero-order valence-corrected chi connectivity index (χ0v) is 12.9. The molecule has 0 aromatic carbocycles. The SMILES string of the molecule is CCCNC1CCCN(C2CCC(C)(C)CC2)C1=O. The lowest BCUT2D eigenvalue weighted by atomic mass is 9.75. The summed E-state index contributed by atoms with van der Waals surface area (Å²) in [5.74, 6) is 0.365. The number of hydrogen-bond acceptors (Lipinski definition) is 2. The molecule has 1 aliphatic heterocycles. The fourth-order valence-corrected chi connectivity index (χ4v) is 3.47. The van der Waals surface area contributed by atoms with Gasteiger partial charge in [-0.25, -0.2) is 0 Å². The number of hydrogen-bond donors (Lipinski definition) is 1. The highest BCUT2D eigenvalue weighted by Crippen LogP contribution is 2.37. The van der Waals surface area contributed by atoms with E-state index in [4.69, 9.17) is 0 Å². The first kappa shape index (κ1) is 14.8. The van der Waals surface area contributed by atoms with Crippen molar-refractivity contribution in [3.63, 3.8) is 0 Å². The maximum absolute atomic E-state index is 12.6. The Bertz CT molecular complexity index is 304. The van der Waals surface area contributed by atoms with Crippen molar-refractivity contribution in [1.29, 1.82) is 0 Å². The molecule has 3 nitrogen and oxygen atoms in total. The van der Waals surface area contributed by atoms with E-state index < -0.39 is 0 Å². The van der Waals surface area contributed by atoms with Gasteiger partial charge in [0.2, 0.25) is 5.91 Å². The fraction of sp³-hybridized carbons (Fsp3) is 0.938. The summed E-state index contributed by atoms with van der Waals surface area (Å²) in [4.78, 5) is 14.7. The molecule has 0 aromatic heterocycles. The van der Waals surface area contributed by atoms with Gasteiger partial charge in [-0.05, 0) is 56.9 Å². The van der Waals surface area contributed by atoms with Crippen molar-refractivity contribution in [2.24, 2.45) is 5.41 Å². The van der Waals surface area contributed by atoms with Gasteiger partial charge in [0, 0.05) is 12.6 Å². The second-order valence-corrected chi connectivity index (χ2v) is 7.08. The highest BCUT2D eigenvalue weighted by Gasteiger charge is 2.36. The monoisotopic (exact) mass is 266 g/mol. The molecular formula is C16H30N2O. The van der Waals surface area contributed by atoms with Crippen molar-refractivity contribution in [3.05, 3.63) is 0 Å². The molecule has 1 aliphatic carbocycles. The third-order valence-corrected chi connectivity index (χ3v) is 4.86. The molecule has 1 atom stereocenters. The molecule has 1 saturated heterocycles. The predicted molar refractivity (Wildman–Crippen MR) is 79.1 cm³/mol. The van der Waals surface area contributed by atoms with E-state index in [1.54, 1.807) is 0 Å². The number of rotatable bonds is 4. The molecule has 1 heterocycles. The first-order valence-corrected chi connectivity index (χ1v) is 8.07. The van der Waals surface area contributed by atoms with Gasteiger partial charge in [0.05, 0.1) is 6.04 Å². The number of carbonyl (C=O) groups excluding carboxylic acids is 1. The molecule has 0 radical (unpaired) electrons. The third kappa shape index (κ3) is 3.71. The van der Waals surface area contributed by atoms with Gasteiger partial charge in [0.15, 0.2) is 0 Å². The fourth-order valence-electron chi connectivity index (χ4n) is 3.47. The zero-order chi connectivity index (χ0) is 13.9. The first-order chi connectivity index (χ1) is 9.03. The Balaban J connectivity index is 1.91. The van der Waals surface area contributed by atoms with Crippen LogP contribution in [-0.2, 0) is 4.79 Å². The molecule has 110 valence electrons. The standard InChI is InChI=1S/C16H30N2O/c1-4-11-17-14-6-5-12-18(15(14)19)13-7-9-16(2,3)10-8-13/h13-14,17H,4-12H2,1-3H3. The number of nitrogens with zero attached hydrogens (tertiary/aromatic N) is 1. The van der Waals surface area contributed by atoms with Gasteiger partial charge in [-0.15, -0.1) is 0 Å². The number of amides is 1. The van der Waals surface area contributed by atoms with Crippen molar-refractivity contribution >= 4 is 5.91 Å².